The molecule has 2 aromatic heterocycles. The molecule has 1 aliphatic heterocycles. The average Bonchev–Trinajstić information content (AvgIpc) is 3.52. The van der Waals surface area contributed by atoms with E-state index in [-0.39, 0.29) is 23.8 Å². The number of unbranched alkanes of at least 4 members (excludes halogenated alkanes) is 1. The zero-order valence-electron chi connectivity index (χ0n) is 19.4. The number of aromatic nitrogens is 3. The van der Waals surface area contributed by atoms with Crippen LogP contribution in [0.5, 0.6) is 5.75 Å². The predicted octanol–water partition coefficient (Wildman–Crippen LogP) is 5.47. The van der Waals surface area contributed by atoms with Crippen LogP contribution < -0.4 is 10.1 Å². The summed E-state index contributed by atoms with van der Waals surface area (Å²) in [6, 6.07) is 12.8. The zero-order valence-corrected chi connectivity index (χ0v) is 19.4. The first kappa shape index (κ1) is 22.5. The molecule has 0 fully saturated rings. The number of hydrogen-bond donors (Lipinski definition) is 2. The summed E-state index contributed by atoms with van der Waals surface area (Å²) in [5.41, 5.74) is 2.76. The molecule has 8 nitrogen and oxygen atoms in total. The number of nitrogens with zero attached hydrogens (tertiary/aromatic N) is 3. The number of nitrogens with one attached hydrogen (secondary N) is 2. The number of allylic oxidation sites excluding steroid dienone is 1. The topological polar surface area (TPSA) is 109 Å². The van der Waals surface area contributed by atoms with Gasteiger partial charge in [0, 0.05) is 41.9 Å². The Morgan fingerprint density at radius 2 is 2.06 bits per heavy atom. The highest BCUT2D eigenvalue weighted by molar-refractivity contribution is 6.15. The molecule has 0 aliphatic carbocycles. The molecule has 0 spiro atoms. The number of Topliss-reactive ketones (excluding diaryl/α,β-unsaturated/α-hetero) is 1. The monoisotopic (exact) mass is 467 g/mol. The molecule has 4 aromatic rings. The van der Waals surface area contributed by atoms with E-state index in [0.29, 0.717) is 29.6 Å². The number of pyridine rings is 1. The van der Waals surface area contributed by atoms with Gasteiger partial charge >= 0.3 is 0 Å². The lowest BCUT2D eigenvalue weighted by Crippen LogP contribution is -2.14. The van der Waals surface area contributed by atoms with Crippen molar-refractivity contribution in [3.05, 3.63) is 72.2 Å². The second-order valence-electron chi connectivity index (χ2n) is 8.41. The van der Waals surface area contributed by atoms with Crippen LogP contribution >= 0.6 is 0 Å². The molecule has 176 valence electrons. The quantitative estimate of drug-likeness (QED) is 0.250. The van der Waals surface area contributed by atoms with E-state index in [9.17, 15) is 9.59 Å². The van der Waals surface area contributed by atoms with Gasteiger partial charge in [0.2, 0.25) is 5.95 Å². The molecule has 0 saturated carbocycles. The Labute approximate surface area is 202 Å². The van der Waals surface area contributed by atoms with Gasteiger partial charge in [-0.05, 0) is 48.2 Å². The van der Waals surface area contributed by atoms with Crippen LogP contribution in [0.25, 0.3) is 21.8 Å². The molecule has 2 N–H and O–H groups in total. The maximum atomic E-state index is 12.9. The van der Waals surface area contributed by atoms with Crippen LogP contribution in [-0.2, 0) is 0 Å². The van der Waals surface area contributed by atoms with Gasteiger partial charge in [0.05, 0.1) is 12.1 Å². The number of para-hydroxylation sites is 1. The number of ether oxygens (including phenoxy) is 1. The minimum atomic E-state index is -0.400. The number of benzene rings is 2. The van der Waals surface area contributed by atoms with Gasteiger partial charge in [-0.15, -0.1) is 0 Å². The number of anilines is 1. The lowest BCUT2D eigenvalue weighted by Gasteiger charge is -2.07. The Morgan fingerprint density at radius 1 is 1.14 bits per heavy atom. The van der Waals surface area contributed by atoms with Crippen molar-refractivity contribution < 1.29 is 14.3 Å². The summed E-state index contributed by atoms with van der Waals surface area (Å²) in [6.07, 6.45) is 8.28. The van der Waals surface area contributed by atoms with Crippen LogP contribution in [0.15, 0.2) is 65.9 Å². The summed E-state index contributed by atoms with van der Waals surface area (Å²) in [6.45, 7) is 2.77. The minimum absolute atomic E-state index is 0.0596. The van der Waals surface area contributed by atoms with E-state index in [1.54, 1.807) is 30.6 Å². The predicted molar refractivity (Wildman–Crippen MR) is 136 cm³/mol. The molecular weight excluding hydrogens is 442 g/mol. The number of fused-ring (bicyclic) bond motifs is 2. The van der Waals surface area contributed by atoms with Gasteiger partial charge in [-0.2, -0.15) is 0 Å². The second-order valence-corrected chi connectivity index (χ2v) is 8.41. The first-order chi connectivity index (χ1) is 17.1. The molecule has 35 heavy (non-hydrogen) atoms. The fourth-order valence-electron chi connectivity index (χ4n) is 3.95. The third-order valence-corrected chi connectivity index (χ3v) is 5.82. The maximum absolute atomic E-state index is 12.9. The zero-order chi connectivity index (χ0) is 24.2. The first-order valence-electron chi connectivity index (χ1n) is 11.7. The highest BCUT2D eigenvalue weighted by Crippen LogP contribution is 2.23. The molecule has 5 rings (SSSR count). The van der Waals surface area contributed by atoms with Crippen molar-refractivity contribution in [2.75, 3.05) is 11.9 Å². The number of hydrogen-bond acceptors (Lipinski definition) is 6. The van der Waals surface area contributed by atoms with Crippen molar-refractivity contribution in [1.29, 1.82) is 0 Å². The van der Waals surface area contributed by atoms with Crippen molar-refractivity contribution >= 4 is 45.2 Å². The number of aliphatic imine (C=N–C) groups is 1. The van der Waals surface area contributed by atoms with Gasteiger partial charge in [-0.25, -0.2) is 4.98 Å². The molecular formula is C27H25N5O3. The van der Waals surface area contributed by atoms with Gasteiger partial charge in [-0.1, -0.05) is 25.5 Å². The first-order valence-corrected chi connectivity index (χ1v) is 11.7. The van der Waals surface area contributed by atoms with Gasteiger partial charge in [0.15, 0.2) is 5.78 Å². The molecule has 0 unspecified atom stereocenters. The summed E-state index contributed by atoms with van der Waals surface area (Å²) in [5.74, 6) is 0.555. The van der Waals surface area contributed by atoms with Gasteiger partial charge in [-0.3, -0.25) is 24.9 Å². The van der Waals surface area contributed by atoms with Crippen LogP contribution in [0, 0.1) is 0 Å². The van der Waals surface area contributed by atoms with Crippen molar-refractivity contribution in [3.8, 4) is 5.75 Å². The Hall–Kier alpha value is -4.33. The van der Waals surface area contributed by atoms with Crippen molar-refractivity contribution in [2.45, 2.75) is 32.6 Å². The lowest BCUT2D eigenvalue weighted by molar-refractivity contribution is 0.0998. The summed E-state index contributed by atoms with van der Waals surface area (Å²) < 4.78 is 5.78. The third kappa shape index (κ3) is 4.96. The number of amides is 1. The molecule has 0 saturated heterocycles. The van der Waals surface area contributed by atoms with E-state index in [2.05, 4.69) is 32.2 Å². The molecule has 0 bridgehead atoms. The Morgan fingerprint density at radius 3 is 2.89 bits per heavy atom. The van der Waals surface area contributed by atoms with Crippen LogP contribution in [0.3, 0.4) is 0 Å². The molecule has 2 aromatic carbocycles. The Bertz CT molecular complexity index is 1480. The highest BCUT2D eigenvalue weighted by Gasteiger charge is 2.18. The molecule has 3 heterocycles. The number of carbonyl (C=O) groups excluding carboxylic acids is 2. The molecule has 0 atom stereocenters. The highest BCUT2D eigenvalue weighted by atomic mass is 16.5. The normalized spacial score (nSPS) is 12.8. The fourth-order valence-corrected chi connectivity index (χ4v) is 3.95. The number of H-pyrrole nitrogens is 1. The van der Waals surface area contributed by atoms with E-state index in [0.717, 1.165) is 35.1 Å². The van der Waals surface area contributed by atoms with Gasteiger partial charge in [0.1, 0.15) is 17.0 Å². The van der Waals surface area contributed by atoms with Crippen molar-refractivity contribution in [1.82, 2.24) is 15.0 Å². The Kier molecular flexibility index (Phi) is 6.34. The SMILES string of the molecule is CCCCOc1ccc2cnc(C(=O)Nc3nc4c(C(=O)CC5=NC=CC5)cccc4[nH]3)cc2c1. The van der Waals surface area contributed by atoms with Crippen LogP contribution in [0.1, 0.15) is 53.5 Å². The fraction of sp³-hybridized carbons (Fsp3) is 0.222. The third-order valence-electron chi connectivity index (χ3n) is 5.82. The number of rotatable bonds is 9. The van der Waals surface area contributed by atoms with E-state index in [4.69, 9.17) is 4.74 Å². The molecule has 8 heteroatoms. The summed E-state index contributed by atoms with van der Waals surface area (Å²) in [5, 5.41) is 4.54. The smallest absolute Gasteiger partial charge is 0.276 e. The minimum Gasteiger partial charge on any atom is -0.494 e. The lowest BCUT2D eigenvalue weighted by atomic mass is 10.0. The number of aromatic amines is 1. The van der Waals surface area contributed by atoms with Crippen LogP contribution in [0.2, 0.25) is 0 Å². The van der Waals surface area contributed by atoms with E-state index in [1.807, 2.05) is 30.3 Å². The van der Waals surface area contributed by atoms with E-state index >= 15 is 0 Å². The van der Waals surface area contributed by atoms with Crippen LogP contribution in [-0.4, -0.2) is 39.0 Å². The van der Waals surface area contributed by atoms with Crippen molar-refractivity contribution in [3.63, 3.8) is 0 Å². The number of ketones is 1. The van der Waals surface area contributed by atoms with Crippen molar-refractivity contribution in [2.24, 2.45) is 4.99 Å². The standard InChI is InChI=1S/C27H25N5O3/c1-2-3-12-35-20-10-9-17-16-29-23(14-18(17)13-20)26(34)32-27-30-22-8-4-7-21(25(22)31-27)24(33)15-19-6-5-11-28-19/h4-5,7-11,13-14,16H,2-3,6,12,15H2,1H3,(H2,30,31,32,34). The van der Waals surface area contributed by atoms with Gasteiger partial charge < -0.3 is 9.72 Å². The van der Waals surface area contributed by atoms with Crippen LogP contribution in [0.4, 0.5) is 5.95 Å². The van der Waals surface area contributed by atoms with Gasteiger partial charge in [0.25, 0.3) is 5.91 Å². The number of imidazole rings is 1. The molecule has 1 amide bonds. The largest absolute Gasteiger partial charge is 0.494 e. The maximum Gasteiger partial charge on any atom is 0.276 e. The van der Waals surface area contributed by atoms with E-state index in [1.165, 1.54) is 0 Å². The molecule has 1 aliphatic rings. The second kappa shape index (κ2) is 9.89. The van der Waals surface area contributed by atoms with E-state index < -0.39 is 5.91 Å². The summed E-state index contributed by atoms with van der Waals surface area (Å²) >= 11 is 0. The summed E-state index contributed by atoms with van der Waals surface area (Å²) in [7, 11) is 0. The number of carbonyl (C=O) groups is 2. The summed E-state index contributed by atoms with van der Waals surface area (Å²) in [4.78, 5) is 41.8. The Balaban J connectivity index is 1.34. The average molecular weight is 468 g/mol. The molecule has 0 radical (unpaired) electrons.